The summed E-state index contributed by atoms with van der Waals surface area (Å²) in [5.41, 5.74) is 7.54. The molecule has 0 aliphatic heterocycles. The van der Waals surface area contributed by atoms with Gasteiger partial charge in [-0.3, -0.25) is 0 Å². The fraction of sp³-hybridized carbons (Fsp3) is 0.533. The number of hydrogen-bond acceptors (Lipinski definition) is 4. The number of nitrogens with zero attached hydrogens (tertiary/aromatic N) is 2. The molecule has 0 amide bonds. The summed E-state index contributed by atoms with van der Waals surface area (Å²) in [7, 11) is 4.20. The molecule has 104 valence electrons. The molecule has 1 aromatic carbocycles. The summed E-state index contributed by atoms with van der Waals surface area (Å²) >= 11 is 1.75. The zero-order valence-corrected chi connectivity index (χ0v) is 13.0. The highest BCUT2D eigenvalue weighted by Crippen LogP contribution is 2.26. The zero-order valence-electron chi connectivity index (χ0n) is 12.2. The molecule has 3 nitrogen and oxygen atoms in total. The fourth-order valence-electron chi connectivity index (χ4n) is 2.33. The van der Waals surface area contributed by atoms with E-state index in [0.717, 1.165) is 23.4 Å². The highest BCUT2D eigenvalue weighted by molar-refractivity contribution is 7.18. The lowest BCUT2D eigenvalue weighted by Crippen LogP contribution is -2.55. The second kappa shape index (κ2) is 5.57. The van der Waals surface area contributed by atoms with Gasteiger partial charge >= 0.3 is 0 Å². The molecule has 0 aliphatic carbocycles. The molecule has 0 fully saturated rings. The number of aromatic nitrogens is 1. The van der Waals surface area contributed by atoms with Crippen LogP contribution in [-0.4, -0.2) is 35.6 Å². The normalized spacial score (nSPS) is 16.7. The average Bonchev–Trinajstić information content (AvgIpc) is 2.79. The van der Waals surface area contributed by atoms with E-state index in [1.165, 1.54) is 4.70 Å². The number of fused-ring (bicyclic) bond motifs is 1. The van der Waals surface area contributed by atoms with E-state index in [1.807, 2.05) is 6.07 Å². The van der Waals surface area contributed by atoms with Crippen LogP contribution in [0, 0.1) is 0 Å². The van der Waals surface area contributed by atoms with Crippen LogP contribution in [-0.2, 0) is 6.42 Å². The summed E-state index contributed by atoms with van der Waals surface area (Å²) < 4.78 is 1.24. The standard InChI is InChI=1S/C15H23N3S/c1-5-15(2,18(3)4)13(16)10-14-17-11-8-6-7-9-12(11)19-14/h6-9,13H,5,10,16H2,1-4H3. The Morgan fingerprint density at radius 2 is 2.05 bits per heavy atom. The maximum absolute atomic E-state index is 6.44. The minimum absolute atomic E-state index is 0.0118. The van der Waals surface area contributed by atoms with E-state index in [9.17, 15) is 0 Å². The number of thiazole rings is 1. The van der Waals surface area contributed by atoms with Crippen LogP contribution in [0.2, 0.25) is 0 Å². The second-order valence-corrected chi connectivity index (χ2v) is 6.61. The Labute approximate surface area is 119 Å². The van der Waals surface area contributed by atoms with Gasteiger partial charge in [-0.1, -0.05) is 19.1 Å². The summed E-state index contributed by atoms with van der Waals surface area (Å²) in [6.45, 7) is 4.42. The maximum atomic E-state index is 6.44. The molecule has 4 heteroatoms. The monoisotopic (exact) mass is 277 g/mol. The van der Waals surface area contributed by atoms with Gasteiger partial charge in [-0.25, -0.2) is 4.98 Å². The van der Waals surface area contributed by atoms with Gasteiger partial charge in [0.2, 0.25) is 0 Å². The van der Waals surface area contributed by atoms with Crippen molar-refractivity contribution in [3.05, 3.63) is 29.3 Å². The van der Waals surface area contributed by atoms with E-state index >= 15 is 0 Å². The van der Waals surface area contributed by atoms with Gasteiger partial charge in [-0.05, 0) is 39.6 Å². The van der Waals surface area contributed by atoms with Gasteiger partial charge in [0.15, 0.2) is 0 Å². The van der Waals surface area contributed by atoms with Crippen LogP contribution in [0.15, 0.2) is 24.3 Å². The third kappa shape index (κ3) is 2.81. The number of likely N-dealkylation sites (N-methyl/N-ethyl adjacent to an activating group) is 1. The molecule has 2 rings (SSSR count). The number of para-hydroxylation sites is 1. The first-order valence-corrected chi connectivity index (χ1v) is 7.56. The Kier molecular flexibility index (Phi) is 4.23. The molecule has 0 radical (unpaired) electrons. The van der Waals surface area contributed by atoms with Crippen LogP contribution in [0.5, 0.6) is 0 Å². The summed E-state index contributed by atoms with van der Waals surface area (Å²) in [5, 5.41) is 1.13. The topological polar surface area (TPSA) is 42.1 Å². The lowest BCUT2D eigenvalue weighted by molar-refractivity contribution is 0.131. The zero-order chi connectivity index (χ0) is 14.0. The maximum Gasteiger partial charge on any atom is 0.0954 e. The van der Waals surface area contributed by atoms with Crippen molar-refractivity contribution in [3.8, 4) is 0 Å². The highest BCUT2D eigenvalue weighted by atomic mass is 32.1. The lowest BCUT2D eigenvalue weighted by Gasteiger charge is -2.40. The lowest BCUT2D eigenvalue weighted by atomic mass is 9.87. The number of nitrogens with two attached hydrogens (primary N) is 1. The van der Waals surface area contributed by atoms with Gasteiger partial charge in [0.05, 0.1) is 15.2 Å². The molecule has 0 saturated carbocycles. The number of rotatable bonds is 5. The molecule has 1 heterocycles. The molecule has 19 heavy (non-hydrogen) atoms. The van der Waals surface area contributed by atoms with Crippen molar-refractivity contribution in [2.75, 3.05) is 14.1 Å². The molecule has 2 aromatic rings. The molecule has 2 unspecified atom stereocenters. The Balaban J connectivity index is 2.20. The van der Waals surface area contributed by atoms with E-state index in [1.54, 1.807) is 11.3 Å². The Morgan fingerprint density at radius 1 is 1.37 bits per heavy atom. The highest BCUT2D eigenvalue weighted by Gasteiger charge is 2.32. The van der Waals surface area contributed by atoms with Gasteiger partial charge in [0.25, 0.3) is 0 Å². The molecule has 0 bridgehead atoms. The van der Waals surface area contributed by atoms with Crippen LogP contribution in [0.25, 0.3) is 10.2 Å². The van der Waals surface area contributed by atoms with Crippen molar-refractivity contribution >= 4 is 21.6 Å². The summed E-state index contributed by atoms with van der Waals surface area (Å²) in [5.74, 6) is 0. The average molecular weight is 277 g/mol. The van der Waals surface area contributed by atoms with Crippen LogP contribution in [0.4, 0.5) is 0 Å². The van der Waals surface area contributed by atoms with Crippen LogP contribution < -0.4 is 5.73 Å². The SMILES string of the molecule is CCC(C)(C(N)Cc1nc2ccccc2s1)N(C)C. The van der Waals surface area contributed by atoms with Crippen LogP contribution >= 0.6 is 11.3 Å². The molecule has 0 spiro atoms. The number of benzene rings is 1. The van der Waals surface area contributed by atoms with E-state index < -0.39 is 0 Å². The van der Waals surface area contributed by atoms with Crippen LogP contribution in [0.3, 0.4) is 0 Å². The largest absolute Gasteiger partial charge is 0.326 e. The van der Waals surface area contributed by atoms with Crippen molar-refractivity contribution in [2.45, 2.75) is 38.3 Å². The molecule has 1 aromatic heterocycles. The first-order valence-electron chi connectivity index (χ1n) is 6.75. The van der Waals surface area contributed by atoms with E-state index in [0.29, 0.717) is 0 Å². The number of hydrogen-bond donors (Lipinski definition) is 1. The summed E-state index contributed by atoms with van der Waals surface area (Å²) in [6, 6.07) is 8.36. The summed E-state index contributed by atoms with van der Waals surface area (Å²) in [4.78, 5) is 6.91. The van der Waals surface area contributed by atoms with Crippen molar-refractivity contribution in [3.63, 3.8) is 0 Å². The molecular formula is C15H23N3S. The quantitative estimate of drug-likeness (QED) is 0.913. The minimum atomic E-state index is 0.0118. The predicted octanol–water partition coefficient (Wildman–Crippen LogP) is 2.90. The smallest absolute Gasteiger partial charge is 0.0954 e. The van der Waals surface area contributed by atoms with Gasteiger partial charge in [-0.2, -0.15) is 0 Å². The van der Waals surface area contributed by atoms with E-state index in [2.05, 4.69) is 56.0 Å². The Hall–Kier alpha value is -0.970. The first kappa shape index (κ1) is 14.4. The van der Waals surface area contributed by atoms with Crippen LogP contribution in [0.1, 0.15) is 25.3 Å². The van der Waals surface area contributed by atoms with Gasteiger partial charge in [0, 0.05) is 18.0 Å². The van der Waals surface area contributed by atoms with Gasteiger partial charge < -0.3 is 10.6 Å². The van der Waals surface area contributed by atoms with Crippen molar-refractivity contribution in [1.82, 2.24) is 9.88 Å². The van der Waals surface area contributed by atoms with E-state index in [4.69, 9.17) is 5.73 Å². The Bertz CT molecular complexity index is 516. The minimum Gasteiger partial charge on any atom is -0.326 e. The van der Waals surface area contributed by atoms with E-state index in [-0.39, 0.29) is 11.6 Å². The third-order valence-electron chi connectivity index (χ3n) is 4.27. The second-order valence-electron chi connectivity index (χ2n) is 5.49. The molecule has 0 saturated heterocycles. The van der Waals surface area contributed by atoms with Gasteiger partial charge in [-0.15, -0.1) is 11.3 Å². The molecule has 2 N–H and O–H groups in total. The first-order chi connectivity index (χ1) is 8.97. The van der Waals surface area contributed by atoms with Crippen molar-refractivity contribution < 1.29 is 0 Å². The fourth-order valence-corrected chi connectivity index (χ4v) is 3.35. The molecule has 2 atom stereocenters. The van der Waals surface area contributed by atoms with Gasteiger partial charge in [0.1, 0.15) is 0 Å². The summed E-state index contributed by atoms with van der Waals surface area (Å²) in [6.07, 6.45) is 1.87. The molecule has 0 aliphatic rings. The van der Waals surface area contributed by atoms with Crippen molar-refractivity contribution in [1.29, 1.82) is 0 Å². The predicted molar refractivity (Wildman–Crippen MR) is 83.7 cm³/mol. The third-order valence-corrected chi connectivity index (χ3v) is 5.33. The van der Waals surface area contributed by atoms with Crippen molar-refractivity contribution in [2.24, 2.45) is 5.73 Å². The Morgan fingerprint density at radius 3 is 2.63 bits per heavy atom. The molecular weight excluding hydrogens is 254 g/mol.